The van der Waals surface area contributed by atoms with Crippen molar-refractivity contribution in [1.29, 1.82) is 0 Å². The third-order valence-corrected chi connectivity index (χ3v) is 4.08. The van der Waals surface area contributed by atoms with Gasteiger partial charge in [-0.05, 0) is 43.5 Å². The van der Waals surface area contributed by atoms with Gasteiger partial charge in [-0.2, -0.15) is 0 Å². The van der Waals surface area contributed by atoms with Crippen molar-refractivity contribution < 1.29 is 14.3 Å². The predicted octanol–water partition coefficient (Wildman–Crippen LogP) is 3.35. The second kappa shape index (κ2) is 8.67. The van der Waals surface area contributed by atoms with Crippen LogP contribution in [0.2, 0.25) is 0 Å². The second-order valence-corrected chi connectivity index (χ2v) is 5.93. The van der Waals surface area contributed by atoms with Gasteiger partial charge in [0, 0.05) is 44.0 Å². The maximum Gasteiger partial charge on any atom is 0.224 e. The Morgan fingerprint density at radius 2 is 1.87 bits per heavy atom. The number of nitrogens with zero attached hydrogens (tertiary/aromatic N) is 1. The predicted molar refractivity (Wildman–Crippen MR) is 91.6 cm³/mol. The van der Waals surface area contributed by atoms with E-state index in [0.717, 1.165) is 37.1 Å². The van der Waals surface area contributed by atoms with Gasteiger partial charge in [-0.1, -0.05) is 13.3 Å². The number of carbonyl (C=O) groups is 2. The van der Waals surface area contributed by atoms with Crippen molar-refractivity contribution in [3.05, 3.63) is 24.3 Å². The molecular formula is C18H26N2O3. The number of anilines is 2. The first kappa shape index (κ1) is 17.5. The van der Waals surface area contributed by atoms with Crippen LogP contribution in [0.4, 0.5) is 11.4 Å². The number of carbonyl (C=O) groups excluding carboxylic acids is 2. The molecule has 1 saturated heterocycles. The normalized spacial score (nSPS) is 15.2. The smallest absolute Gasteiger partial charge is 0.224 e. The van der Waals surface area contributed by atoms with E-state index in [2.05, 4.69) is 12.2 Å². The number of rotatable bonds is 6. The van der Waals surface area contributed by atoms with E-state index in [4.69, 9.17) is 4.74 Å². The molecule has 0 unspecified atom stereocenters. The topological polar surface area (TPSA) is 58.6 Å². The van der Waals surface area contributed by atoms with Crippen LogP contribution in [0.5, 0.6) is 0 Å². The molecule has 0 aliphatic carbocycles. The average molecular weight is 318 g/mol. The molecule has 0 radical (unpaired) electrons. The van der Waals surface area contributed by atoms with E-state index in [1.54, 1.807) is 6.92 Å². The zero-order valence-electron chi connectivity index (χ0n) is 14.0. The zero-order chi connectivity index (χ0) is 16.7. The van der Waals surface area contributed by atoms with E-state index in [0.29, 0.717) is 19.6 Å². The van der Waals surface area contributed by atoms with E-state index in [1.165, 1.54) is 0 Å². The first-order valence-electron chi connectivity index (χ1n) is 8.39. The van der Waals surface area contributed by atoms with Gasteiger partial charge in [0.25, 0.3) is 0 Å². The van der Waals surface area contributed by atoms with E-state index >= 15 is 0 Å². The van der Waals surface area contributed by atoms with Crippen LogP contribution in [-0.2, 0) is 14.3 Å². The Morgan fingerprint density at radius 3 is 2.43 bits per heavy atom. The van der Waals surface area contributed by atoms with Crippen molar-refractivity contribution in [1.82, 2.24) is 0 Å². The molecule has 0 spiro atoms. The zero-order valence-corrected chi connectivity index (χ0v) is 14.0. The van der Waals surface area contributed by atoms with E-state index in [1.807, 2.05) is 29.2 Å². The van der Waals surface area contributed by atoms with Gasteiger partial charge >= 0.3 is 0 Å². The third kappa shape index (κ3) is 5.06. The first-order valence-corrected chi connectivity index (χ1v) is 8.39. The van der Waals surface area contributed by atoms with Gasteiger partial charge < -0.3 is 15.0 Å². The van der Waals surface area contributed by atoms with Crippen molar-refractivity contribution in [2.45, 2.75) is 52.0 Å². The monoisotopic (exact) mass is 318 g/mol. The number of hydrogen-bond donors (Lipinski definition) is 1. The van der Waals surface area contributed by atoms with Crippen LogP contribution in [0.25, 0.3) is 0 Å². The van der Waals surface area contributed by atoms with Crippen molar-refractivity contribution >= 4 is 23.2 Å². The Bertz CT molecular complexity index is 522. The van der Waals surface area contributed by atoms with Crippen molar-refractivity contribution in [2.75, 3.05) is 23.4 Å². The fraction of sp³-hybridized carbons (Fsp3) is 0.556. The molecule has 0 bridgehead atoms. The molecule has 23 heavy (non-hydrogen) atoms. The highest BCUT2D eigenvalue weighted by Crippen LogP contribution is 2.25. The molecule has 0 atom stereocenters. The summed E-state index contributed by atoms with van der Waals surface area (Å²) >= 11 is 0. The molecule has 2 amide bonds. The Balaban J connectivity index is 2.03. The molecule has 1 aromatic rings. The summed E-state index contributed by atoms with van der Waals surface area (Å²) in [6.07, 6.45) is 4.15. The molecule has 5 heteroatoms. The summed E-state index contributed by atoms with van der Waals surface area (Å²) in [5.74, 6) is 0.0732. The van der Waals surface area contributed by atoms with Gasteiger partial charge in [0.1, 0.15) is 0 Å². The van der Waals surface area contributed by atoms with Gasteiger partial charge in [-0.3, -0.25) is 9.59 Å². The molecular weight excluding hydrogens is 292 g/mol. The SMILES string of the molecule is CCCCC(=O)Nc1ccc(N(C(C)=O)C2CCOCC2)cc1. The summed E-state index contributed by atoms with van der Waals surface area (Å²) in [6, 6.07) is 7.69. The minimum Gasteiger partial charge on any atom is -0.381 e. The van der Waals surface area contributed by atoms with Gasteiger partial charge in [-0.25, -0.2) is 0 Å². The van der Waals surface area contributed by atoms with Gasteiger partial charge in [0.2, 0.25) is 11.8 Å². The summed E-state index contributed by atoms with van der Waals surface area (Å²) in [6.45, 7) is 5.05. The molecule has 0 aromatic heterocycles. The lowest BCUT2D eigenvalue weighted by molar-refractivity contribution is -0.117. The molecule has 5 nitrogen and oxygen atoms in total. The highest BCUT2D eigenvalue weighted by Gasteiger charge is 2.24. The number of benzene rings is 1. The van der Waals surface area contributed by atoms with Crippen LogP contribution in [0.3, 0.4) is 0 Å². The largest absolute Gasteiger partial charge is 0.381 e. The van der Waals surface area contributed by atoms with Crippen LogP contribution in [0, 0.1) is 0 Å². The molecule has 1 aliphatic rings. The van der Waals surface area contributed by atoms with Gasteiger partial charge in [-0.15, -0.1) is 0 Å². The van der Waals surface area contributed by atoms with Crippen molar-refractivity contribution in [2.24, 2.45) is 0 Å². The lowest BCUT2D eigenvalue weighted by atomic mass is 10.1. The van der Waals surface area contributed by atoms with E-state index < -0.39 is 0 Å². The Hall–Kier alpha value is -1.88. The van der Waals surface area contributed by atoms with Crippen LogP contribution >= 0.6 is 0 Å². The molecule has 1 aliphatic heterocycles. The number of ether oxygens (including phenoxy) is 1. The Labute approximate surface area is 138 Å². The fourth-order valence-electron chi connectivity index (χ4n) is 2.86. The Kier molecular flexibility index (Phi) is 6.59. The van der Waals surface area contributed by atoms with Crippen LogP contribution in [0.15, 0.2) is 24.3 Å². The number of amides is 2. The third-order valence-electron chi connectivity index (χ3n) is 4.08. The Morgan fingerprint density at radius 1 is 1.22 bits per heavy atom. The lowest BCUT2D eigenvalue weighted by Gasteiger charge is -2.33. The number of unbranched alkanes of at least 4 members (excludes halogenated alkanes) is 1. The highest BCUT2D eigenvalue weighted by molar-refractivity contribution is 5.93. The van der Waals surface area contributed by atoms with Crippen molar-refractivity contribution in [3.8, 4) is 0 Å². The standard InChI is InChI=1S/C18H26N2O3/c1-3-4-5-18(22)19-15-6-8-16(9-7-15)20(14(2)21)17-10-12-23-13-11-17/h6-9,17H,3-5,10-13H2,1-2H3,(H,19,22). The van der Waals surface area contributed by atoms with Crippen LogP contribution in [0.1, 0.15) is 46.0 Å². The number of nitrogens with one attached hydrogen (secondary N) is 1. The summed E-state index contributed by atoms with van der Waals surface area (Å²) in [4.78, 5) is 25.6. The maximum absolute atomic E-state index is 12.0. The quantitative estimate of drug-likeness (QED) is 0.875. The van der Waals surface area contributed by atoms with Gasteiger partial charge in [0.05, 0.1) is 0 Å². The summed E-state index contributed by atoms with van der Waals surface area (Å²) < 4.78 is 5.38. The molecule has 1 aromatic carbocycles. The van der Waals surface area contributed by atoms with Crippen molar-refractivity contribution in [3.63, 3.8) is 0 Å². The second-order valence-electron chi connectivity index (χ2n) is 5.93. The summed E-state index contributed by atoms with van der Waals surface area (Å²) in [7, 11) is 0. The molecule has 2 rings (SSSR count). The minimum atomic E-state index is 0.0347. The average Bonchev–Trinajstić information content (AvgIpc) is 2.55. The van der Waals surface area contributed by atoms with Crippen LogP contribution < -0.4 is 10.2 Å². The molecule has 1 heterocycles. The van der Waals surface area contributed by atoms with E-state index in [9.17, 15) is 9.59 Å². The van der Waals surface area contributed by atoms with Crippen LogP contribution in [-0.4, -0.2) is 31.1 Å². The lowest BCUT2D eigenvalue weighted by Crippen LogP contribution is -2.42. The first-order chi connectivity index (χ1) is 11.1. The maximum atomic E-state index is 12.0. The minimum absolute atomic E-state index is 0.0347. The molecule has 0 saturated carbocycles. The van der Waals surface area contributed by atoms with E-state index in [-0.39, 0.29) is 17.9 Å². The number of hydrogen-bond acceptors (Lipinski definition) is 3. The molecule has 126 valence electrons. The molecule has 1 N–H and O–H groups in total. The summed E-state index contributed by atoms with van der Waals surface area (Å²) in [5.41, 5.74) is 1.64. The fourth-order valence-corrected chi connectivity index (χ4v) is 2.86. The van der Waals surface area contributed by atoms with Gasteiger partial charge in [0.15, 0.2) is 0 Å². The summed E-state index contributed by atoms with van der Waals surface area (Å²) in [5, 5.41) is 2.89. The highest BCUT2D eigenvalue weighted by atomic mass is 16.5. The molecule has 1 fully saturated rings.